The molecule has 4 rings (SSSR count). The normalized spacial score (nSPS) is 10.8. The van der Waals surface area contributed by atoms with Crippen LogP contribution in [-0.4, -0.2) is 20.8 Å². The summed E-state index contributed by atoms with van der Waals surface area (Å²) in [6.07, 6.45) is 0. The topological polar surface area (TPSA) is 101 Å². The molecule has 1 heterocycles. The quantitative estimate of drug-likeness (QED) is 0.375. The third-order valence-corrected chi connectivity index (χ3v) is 4.45. The predicted octanol–water partition coefficient (Wildman–Crippen LogP) is 5.04. The van der Waals surface area contributed by atoms with Gasteiger partial charge in [-0.1, -0.05) is 11.6 Å². The minimum absolute atomic E-state index is 0.00274. The largest absolute Gasteiger partial charge is 0.338 e. The first-order valence-corrected chi connectivity index (χ1v) is 8.69. The fourth-order valence-corrected chi connectivity index (χ4v) is 2.89. The molecule has 1 amide bonds. The van der Waals surface area contributed by atoms with Gasteiger partial charge >= 0.3 is 0 Å². The van der Waals surface area contributed by atoms with Crippen LogP contribution in [0.25, 0.3) is 22.4 Å². The van der Waals surface area contributed by atoms with Crippen molar-refractivity contribution in [1.29, 1.82) is 0 Å². The number of fused-ring (bicyclic) bond motifs is 1. The Morgan fingerprint density at radius 3 is 2.43 bits per heavy atom. The Labute approximate surface area is 164 Å². The van der Waals surface area contributed by atoms with Crippen molar-refractivity contribution in [2.45, 2.75) is 0 Å². The molecule has 0 bridgehead atoms. The van der Waals surface area contributed by atoms with Crippen molar-refractivity contribution in [2.24, 2.45) is 0 Å². The molecule has 0 aliphatic carbocycles. The number of rotatable bonds is 4. The molecule has 0 spiro atoms. The minimum Gasteiger partial charge on any atom is -0.338 e. The molecule has 1 aromatic heterocycles. The van der Waals surface area contributed by atoms with E-state index in [2.05, 4.69) is 15.3 Å². The number of non-ortho nitro benzene ring substituents is 1. The summed E-state index contributed by atoms with van der Waals surface area (Å²) in [7, 11) is 0. The molecule has 2 N–H and O–H groups in total. The number of H-pyrrole nitrogens is 1. The Bertz CT molecular complexity index is 1180. The van der Waals surface area contributed by atoms with E-state index >= 15 is 0 Å². The molecule has 0 saturated heterocycles. The van der Waals surface area contributed by atoms with Gasteiger partial charge in [0, 0.05) is 34.0 Å². The molecule has 138 valence electrons. The first-order valence-electron chi connectivity index (χ1n) is 8.31. The standard InChI is InChI=1S/C20H13ClN4O3/c21-14-5-1-13(2-6-14)20(26)22-15-7-3-12(4-8-15)19-23-17-10-9-16(25(27)28)11-18(17)24-19/h1-11H,(H,22,26)(H,23,24). The highest BCUT2D eigenvalue weighted by molar-refractivity contribution is 6.30. The van der Waals surface area contributed by atoms with Gasteiger partial charge in [0.15, 0.2) is 0 Å². The first kappa shape index (κ1) is 17.7. The second kappa shape index (κ2) is 7.13. The molecule has 8 heteroatoms. The van der Waals surface area contributed by atoms with E-state index in [-0.39, 0.29) is 11.6 Å². The van der Waals surface area contributed by atoms with Gasteiger partial charge in [-0.3, -0.25) is 14.9 Å². The van der Waals surface area contributed by atoms with Crippen molar-refractivity contribution < 1.29 is 9.72 Å². The number of halogens is 1. The number of nitro benzene ring substituents is 1. The second-order valence-electron chi connectivity index (χ2n) is 6.08. The Kier molecular flexibility index (Phi) is 4.50. The Hall–Kier alpha value is -3.71. The number of imidazole rings is 1. The van der Waals surface area contributed by atoms with E-state index in [4.69, 9.17) is 11.6 Å². The number of hydrogen-bond acceptors (Lipinski definition) is 4. The zero-order chi connectivity index (χ0) is 19.7. The van der Waals surface area contributed by atoms with Gasteiger partial charge in [-0.2, -0.15) is 0 Å². The van der Waals surface area contributed by atoms with Gasteiger partial charge in [0.05, 0.1) is 16.0 Å². The van der Waals surface area contributed by atoms with Gasteiger partial charge in [0.1, 0.15) is 5.82 Å². The lowest BCUT2D eigenvalue weighted by molar-refractivity contribution is -0.384. The highest BCUT2D eigenvalue weighted by Gasteiger charge is 2.11. The van der Waals surface area contributed by atoms with E-state index in [0.717, 1.165) is 5.56 Å². The van der Waals surface area contributed by atoms with E-state index in [1.54, 1.807) is 42.5 Å². The van der Waals surface area contributed by atoms with Crippen molar-refractivity contribution in [2.75, 3.05) is 5.32 Å². The van der Waals surface area contributed by atoms with E-state index < -0.39 is 4.92 Å². The number of benzene rings is 3. The molecule has 0 saturated carbocycles. The number of aromatic amines is 1. The summed E-state index contributed by atoms with van der Waals surface area (Å²) in [6, 6.07) is 18.2. The number of nitrogens with zero attached hydrogens (tertiary/aromatic N) is 2. The van der Waals surface area contributed by atoms with Crippen molar-refractivity contribution in [1.82, 2.24) is 9.97 Å². The number of hydrogen-bond donors (Lipinski definition) is 2. The summed E-state index contributed by atoms with van der Waals surface area (Å²) in [4.78, 5) is 30.2. The number of anilines is 1. The lowest BCUT2D eigenvalue weighted by Gasteiger charge is -2.06. The lowest BCUT2D eigenvalue weighted by atomic mass is 10.1. The van der Waals surface area contributed by atoms with Crippen molar-refractivity contribution in [3.63, 3.8) is 0 Å². The Balaban J connectivity index is 1.54. The summed E-state index contributed by atoms with van der Waals surface area (Å²) in [5.41, 5.74) is 3.17. The smallest absolute Gasteiger partial charge is 0.271 e. The number of amides is 1. The third-order valence-electron chi connectivity index (χ3n) is 4.20. The number of aromatic nitrogens is 2. The highest BCUT2D eigenvalue weighted by Crippen LogP contribution is 2.25. The molecule has 0 aliphatic heterocycles. The summed E-state index contributed by atoms with van der Waals surface area (Å²) in [6.45, 7) is 0. The minimum atomic E-state index is -0.446. The van der Waals surface area contributed by atoms with Crippen LogP contribution < -0.4 is 5.32 Å². The fourth-order valence-electron chi connectivity index (χ4n) is 2.76. The summed E-state index contributed by atoms with van der Waals surface area (Å²) in [5.74, 6) is 0.353. The third kappa shape index (κ3) is 3.56. The zero-order valence-corrected chi connectivity index (χ0v) is 15.1. The van der Waals surface area contributed by atoms with Gasteiger partial charge in [-0.15, -0.1) is 0 Å². The highest BCUT2D eigenvalue weighted by atomic mass is 35.5. The van der Waals surface area contributed by atoms with Gasteiger partial charge in [0.2, 0.25) is 0 Å². The molecule has 0 radical (unpaired) electrons. The van der Waals surface area contributed by atoms with Crippen LogP contribution in [0.1, 0.15) is 10.4 Å². The van der Waals surface area contributed by atoms with Gasteiger partial charge < -0.3 is 10.3 Å². The van der Waals surface area contributed by atoms with Gasteiger partial charge in [-0.25, -0.2) is 4.98 Å². The van der Waals surface area contributed by atoms with Crippen LogP contribution in [-0.2, 0) is 0 Å². The summed E-state index contributed by atoms with van der Waals surface area (Å²) < 4.78 is 0. The van der Waals surface area contributed by atoms with E-state index in [1.165, 1.54) is 12.1 Å². The molecule has 0 atom stereocenters. The van der Waals surface area contributed by atoms with Crippen molar-refractivity contribution in [3.05, 3.63) is 87.4 Å². The van der Waals surface area contributed by atoms with Crippen LogP contribution >= 0.6 is 11.6 Å². The molecule has 3 aromatic carbocycles. The lowest BCUT2D eigenvalue weighted by Crippen LogP contribution is -2.11. The maximum absolute atomic E-state index is 12.3. The van der Waals surface area contributed by atoms with E-state index in [0.29, 0.717) is 33.1 Å². The maximum atomic E-state index is 12.3. The first-order chi connectivity index (χ1) is 13.5. The summed E-state index contributed by atoms with van der Waals surface area (Å²) >= 11 is 5.83. The molecular formula is C20H13ClN4O3. The summed E-state index contributed by atoms with van der Waals surface area (Å²) in [5, 5.41) is 14.3. The second-order valence-corrected chi connectivity index (χ2v) is 6.52. The van der Waals surface area contributed by atoms with E-state index in [9.17, 15) is 14.9 Å². The predicted molar refractivity (Wildman–Crippen MR) is 108 cm³/mol. The fraction of sp³-hybridized carbons (Fsp3) is 0. The Morgan fingerprint density at radius 2 is 1.75 bits per heavy atom. The number of nitro groups is 1. The SMILES string of the molecule is O=C(Nc1ccc(-c2nc3ccc([N+](=O)[O-])cc3[nH]2)cc1)c1ccc(Cl)cc1. The number of carbonyl (C=O) groups is 1. The van der Waals surface area contributed by atoms with Crippen LogP contribution in [0.4, 0.5) is 11.4 Å². The molecule has 4 aromatic rings. The van der Waals surface area contributed by atoms with Crippen molar-refractivity contribution >= 4 is 39.9 Å². The average Bonchev–Trinajstić information content (AvgIpc) is 3.12. The van der Waals surface area contributed by atoms with Gasteiger partial charge in [-0.05, 0) is 54.6 Å². The van der Waals surface area contributed by atoms with Crippen LogP contribution in [0.3, 0.4) is 0 Å². The zero-order valence-electron chi connectivity index (χ0n) is 14.3. The number of carbonyl (C=O) groups excluding carboxylic acids is 1. The van der Waals surface area contributed by atoms with E-state index in [1.807, 2.05) is 12.1 Å². The van der Waals surface area contributed by atoms with Crippen LogP contribution in [0.15, 0.2) is 66.7 Å². The monoisotopic (exact) mass is 392 g/mol. The van der Waals surface area contributed by atoms with Crippen LogP contribution in [0, 0.1) is 10.1 Å². The molecule has 7 nitrogen and oxygen atoms in total. The molecule has 0 aliphatic rings. The van der Waals surface area contributed by atoms with Crippen molar-refractivity contribution in [3.8, 4) is 11.4 Å². The molecular weight excluding hydrogens is 380 g/mol. The maximum Gasteiger partial charge on any atom is 0.271 e. The number of nitrogens with one attached hydrogen (secondary N) is 2. The Morgan fingerprint density at radius 1 is 1.04 bits per heavy atom. The van der Waals surface area contributed by atoms with Gasteiger partial charge in [0.25, 0.3) is 11.6 Å². The van der Waals surface area contributed by atoms with Crippen LogP contribution in [0.5, 0.6) is 0 Å². The molecule has 28 heavy (non-hydrogen) atoms. The molecule has 0 fully saturated rings. The molecule has 0 unspecified atom stereocenters. The van der Waals surface area contributed by atoms with Crippen LogP contribution in [0.2, 0.25) is 5.02 Å². The average molecular weight is 393 g/mol.